The first kappa shape index (κ1) is 12.9. The number of allylic oxidation sites excluding steroid dienone is 3. The lowest BCUT2D eigenvalue weighted by Gasteiger charge is -1.98. The second-order valence-electron chi connectivity index (χ2n) is 3.19. The predicted octanol–water partition coefficient (Wildman–Crippen LogP) is 3.24. The Balaban J connectivity index is 3.10. The maximum Gasteiger partial charge on any atom is 0.305 e. The summed E-state index contributed by atoms with van der Waals surface area (Å²) in [7, 11) is 1.43. The van der Waals surface area contributed by atoms with E-state index >= 15 is 0 Å². The van der Waals surface area contributed by atoms with Crippen molar-refractivity contribution in [2.45, 2.75) is 38.5 Å². The molecule has 0 bridgehead atoms. The average molecular weight is 196 g/mol. The van der Waals surface area contributed by atoms with Crippen LogP contribution in [0, 0.1) is 0 Å². The lowest BCUT2D eigenvalue weighted by molar-refractivity contribution is -0.140. The van der Waals surface area contributed by atoms with Gasteiger partial charge >= 0.3 is 5.97 Å². The minimum absolute atomic E-state index is 0.100. The van der Waals surface area contributed by atoms with Crippen molar-refractivity contribution in [1.29, 1.82) is 0 Å². The zero-order valence-corrected chi connectivity index (χ0v) is 9.00. The molecule has 0 aromatic rings. The molecule has 0 aliphatic heterocycles. The van der Waals surface area contributed by atoms with Gasteiger partial charge in [0.05, 0.1) is 7.11 Å². The lowest BCUT2D eigenvalue weighted by atomic mass is 10.1. The lowest BCUT2D eigenvalue weighted by Crippen LogP contribution is -1.98. The number of carbonyl (C=O) groups is 1. The number of methoxy groups -OCH3 is 1. The van der Waals surface area contributed by atoms with Crippen LogP contribution in [-0.2, 0) is 9.53 Å². The summed E-state index contributed by atoms with van der Waals surface area (Å²) >= 11 is 0. The van der Waals surface area contributed by atoms with Gasteiger partial charge in [0.1, 0.15) is 0 Å². The van der Waals surface area contributed by atoms with Crippen molar-refractivity contribution in [3.8, 4) is 0 Å². The summed E-state index contributed by atoms with van der Waals surface area (Å²) in [4.78, 5) is 10.7. The predicted molar refractivity (Wildman–Crippen MR) is 59.1 cm³/mol. The molecule has 0 heterocycles. The summed E-state index contributed by atoms with van der Waals surface area (Å²) in [6.07, 6.45) is 11.9. The van der Waals surface area contributed by atoms with E-state index < -0.39 is 0 Å². The highest BCUT2D eigenvalue weighted by atomic mass is 16.5. The molecule has 0 atom stereocenters. The number of ether oxygens (including phenoxy) is 1. The van der Waals surface area contributed by atoms with Crippen LogP contribution in [0.2, 0.25) is 0 Å². The highest BCUT2D eigenvalue weighted by molar-refractivity contribution is 5.68. The number of esters is 1. The van der Waals surface area contributed by atoms with Crippen LogP contribution in [0.15, 0.2) is 24.8 Å². The molecule has 0 unspecified atom stereocenters. The minimum Gasteiger partial charge on any atom is -0.469 e. The number of unbranched alkanes of at least 4 members (excludes halogenated alkanes) is 4. The van der Waals surface area contributed by atoms with Crippen LogP contribution in [0.5, 0.6) is 0 Å². The van der Waals surface area contributed by atoms with Crippen LogP contribution in [0.1, 0.15) is 38.5 Å². The highest BCUT2D eigenvalue weighted by Crippen LogP contribution is 2.06. The summed E-state index contributed by atoms with van der Waals surface area (Å²) in [5.41, 5.74) is 0. The van der Waals surface area contributed by atoms with E-state index in [9.17, 15) is 4.79 Å². The molecule has 80 valence electrons. The Morgan fingerprint density at radius 2 is 2.00 bits per heavy atom. The molecule has 0 fully saturated rings. The zero-order chi connectivity index (χ0) is 10.6. The van der Waals surface area contributed by atoms with Gasteiger partial charge in [-0.05, 0) is 19.3 Å². The smallest absolute Gasteiger partial charge is 0.305 e. The number of rotatable bonds is 8. The van der Waals surface area contributed by atoms with Gasteiger partial charge in [0.25, 0.3) is 0 Å². The van der Waals surface area contributed by atoms with E-state index in [1.807, 2.05) is 6.08 Å². The second kappa shape index (κ2) is 10.0. The summed E-state index contributed by atoms with van der Waals surface area (Å²) in [5.74, 6) is -0.100. The quantitative estimate of drug-likeness (QED) is 0.338. The molecule has 0 aromatic carbocycles. The monoisotopic (exact) mass is 196 g/mol. The molecule has 14 heavy (non-hydrogen) atoms. The molecular weight excluding hydrogens is 176 g/mol. The van der Waals surface area contributed by atoms with Crippen LogP contribution < -0.4 is 0 Å². The van der Waals surface area contributed by atoms with E-state index in [0.29, 0.717) is 6.42 Å². The van der Waals surface area contributed by atoms with Crippen molar-refractivity contribution in [1.82, 2.24) is 0 Å². The van der Waals surface area contributed by atoms with Crippen LogP contribution >= 0.6 is 0 Å². The molecule has 0 amide bonds. The summed E-state index contributed by atoms with van der Waals surface area (Å²) in [6.45, 7) is 3.60. The first-order chi connectivity index (χ1) is 6.81. The third-order valence-corrected chi connectivity index (χ3v) is 2.00. The van der Waals surface area contributed by atoms with E-state index in [1.165, 1.54) is 20.0 Å². The standard InChI is InChI=1S/C12H20O2/c1-3-4-5-6-7-8-9-10-11-12(13)14-2/h3-5H,1,6-11H2,2H3. The second-order valence-corrected chi connectivity index (χ2v) is 3.19. The fraction of sp³-hybridized carbons (Fsp3) is 0.583. The average Bonchev–Trinajstić information content (AvgIpc) is 2.21. The highest BCUT2D eigenvalue weighted by Gasteiger charge is 1.98. The van der Waals surface area contributed by atoms with Crippen molar-refractivity contribution in [2.24, 2.45) is 0 Å². The molecule has 0 saturated heterocycles. The van der Waals surface area contributed by atoms with Crippen molar-refractivity contribution in [3.05, 3.63) is 24.8 Å². The van der Waals surface area contributed by atoms with Gasteiger partial charge in [-0.2, -0.15) is 0 Å². The molecule has 0 spiro atoms. The van der Waals surface area contributed by atoms with E-state index in [2.05, 4.69) is 17.4 Å². The fourth-order valence-corrected chi connectivity index (χ4v) is 1.18. The third kappa shape index (κ3) is 9.04. The Kier molecular flexibility index (Phi) is 9.28. The zero-order valence-electron chi connectivity index (χ0n) is 9.00. The maximum atomic E-state index is 10.7. The minimum atomic E-state index is -0.100. The molecule has 2 nitrogen and oxygen atoms in total. The van der Waals surface area contributed by atoms with Gasteiger partial charge in [-0.3, -0.25) is 4.79 Å². The normalized spacial score (nSPS) is 10.4. The summed E-state index contributed by atoms with van der Waals surface area (Å²) < 4.78 is 4.55. The van der Waals surface area contributed by atoms with Gasteiger partial charge in [-0.25, -0.2) is 0 Å². The largest absolute Gasteiger partial charge is 0.469 e. The number of carbonyl (C=O) groups excluding carboxylic acids is 1. The number of hydrogen-bond donors (Lipinski definition) is 0. The van der Waals surface area contributed by atoms with E-state index in [-0.39, 0.29) is 5.97 Å². The molecule has 0 saturated carbocycles. The Bertz CT molecular complexity index is 183. The molecule has 0 rings (SSSR count). The Morgan fingerprint density at radius 3 is 2.64 bits per heavy atom. The Morgan fingerprint density at radius 1 is 1.29 bits per heavy atom. The molecule has 2 heteroatoms. The first-order valence-electron chi connectivity index (χ1n) is 5.15. The van der Waals surface area contributed by atoms with E-state index in [0.717, 1.165) is 19.3 Å². The van der Waals surface area contributed by atoms with Crippen molar-refractivity contribution >= 4 is 5.97 Å². The Labute approximate surface area is 86.6 Å². The van der Waals surface area contributed by atoms with Crippen LogP contribution in [0.25, 0.3) is 0 Å². The van der Waals surface area contributed by atoms with Gasteiger partial charge in [0.2, 0.25) is 0 Å². The van der Waals surface area contributed by atoms with Crippen LogP contribution in [0.4, 0.5) is 0 Å². The van der Waals surface area contributed by atoms with Gasteiger partial charge in [0.15, 0.2) is 0 Å². The first-order valence-corrected chi connectivity index (χ1v) is 5.15. The maximum absolute atomic E-state index is 10.7. The van der Waals surface area contributed by atoms with E-state index in [4.69, 9.17) is 0 Å². The summed E-state index contributed by atoms with van der Waals surface area (Å²) in [5, 5.41) is 0. The summed E-state index contributed by atoms with van der Waals surface area (Å²) in [6, 6.07) is 0. The van der Waals surface area contributed by atoms with E-state index in [1.54, 1.807) is 6.08 Å². The third-order valence-electron chi connectivity index (χ3n) is 2.00. The number of hydrogen-bond acceptors (Lipinski definition) is 2. The van der Waals surface area contributed by atoms with Gasteiger partial charge < -0.3 is 4.74 Å². The van der Waals surface area contributed by atoms with Crippen molar-refractivity contribution in [2.75, 3.05) is 7.11 Å². The molecule has 0 radical (unpaired) electrons. The molecule has 0 aliphatic rings. The SMILES string of the molecule is C=CC=CCCCCCCC(=O)OC. The van der Waals surface area contributed by atoms with Gasteiger partial charge in [-0.15, -0.1) is 0 Å². The fourth-order valence-electron chi connectivity index (χ4n) is 1.18. The topological polar surface area (TPSA) is 26.3 Å². The van der Waals surface area contributed by atoms with Gasteiger partial charge in [0, 0.05) is 6.42 Å². The van der Waals surface area contributed by atoms with Crippen molar-refractivity contribution < 1.29 is 9.53 Å². The Hall–Kier alpha value is -1.05. The van der Waals surface area contributed by atoms with Gasteiger partial charge in [-0.1, -0.05) is 37.6 Å². The van der Waals surface area contributed by atoms with Crippen LogP contribution in [-0.4, -0.2) is 13.1 Å². The van der Waals surface area contributed by atoms with Crippen LogP contribution in [0.3, 0.4) is 0 Å². The molecular formula is C12H20O2. The molecule has 0 N–H and O–H groups in total. The van der Waals surface area contributed by atoms with Crippen molar-refractivity contribution in [3.63, 3.8) is 0 Å². The molecule has 0 aromatic heterocycles. The molecule has 0 aliphatic carbocycles.